The van der Waals surface area contributed by atoms with E-state index in [0.717, 1.165) is 41.0 Å². The van der Waals surface area contributed by atoms with Crippen molar-refractivity contribution in [2.24, 2.45) is 5.92 Å². The number of benzene rings is 1. The number of amides is 2. The molecular formula is C28H28N4O5S2. The summed E-state index contributed by atoms with van der Waals surface area (Å²) in [5.41, 5.74) is 2.12. The zero-order chi connectivity index (χ0) is 27.7. The van der Waals surface area contributed by atoms with Gasteiger partial charge < -0.3 is 15.4 Å². The van der Waals surface area contributed by atoms with E-state index in [1.54, 1.807) is 26.0 Å². The van der Waals surface area contributed by atoms with Crippen molar-refractivity contribution in [2.45, 2.75) is 46.6 Å². The average molecular weight is 565 g/mol. The van der Waals surface area contributed by atoms with Gasteiger partial charge >= 0.3 is 5.97 Å². The molecule has 4 aromatic rings. The molecule has 1 atom stereocenters. The quantitative estimate of drug-likeness (QED) is 0.304. The molecule has 3 heterocycles. The first-order chi connectivity index (χ1) is 18.8. The lowest BCUT2D eigenvalue weighted by molar-refractivity contribution is -0.116. The van der Waals surface area contributed by atoms with Crippen molar-refractivity contribution in [1.82, 2.24) is 9.55 Å². The fourth-order valence-corrected chi connectivity index (χ4v) is 7.23. The van der Waals surface area contributed by atoms with E-state index in [0.29, 0.717) is 42.8 Å². The van der Waals surface area contributed by atoms with Gasteiger partial charge in [-0.1, -0.05) is 25.1 Å². The van der Waals surface area contributed by atoms with Crippen LogP contribution in [0.15, 0.2) is 41.5 Å². The number of carbonyl (C=O) groups excluding carboxylic acids is 3. The van der Waals surface area contributed by atoms with Gasteiger partial charge in [-0.2, -0.15) is 0 Å². The molecule has 202 valence electrons. The second kappa shape index (κ2) is 11.1. The molecule has 0 spiro atoms. The molecule has 1 unspecified atom stereocenters. The lowest BCUT2D eigenvalue weighted by Gasteiger charge is -2.18. The molecule has 0 saturated carbocycles. The van der Waals surface area contributed by atoms with E-state index in [1.165, 1.54) is 22.2 Å². The molecule has 0 aliphatic heterocycles. The molecule has 9 nitrogen and oxygen atoms in total. The molecule has 1 aliphatic carbocycles. The number of hydrogen-bond donors (Lipinski definition) is 2. The van der Waals surface area contributed by atoms with E-state index in [1.807, 2.05) is 18.2 Å². The number of aryl methyl sites for hydroxylation is 1. The van der Waals surface area contributed by atoms with Crippen molar-refractivity contribution in [1.29, 1.82) is 0 Å². The van der Waals surface area contributed by atoms with Gasteiger partial charge in [-0.15, -0.1) is 22.7 Å². The van der Waals surface area contributed by atoms with Gasteiger partial charge in [-0.05, 0) is 62.3 Å². The number of fused-ring (bicyclic) bond motifs is 2. The molecule has 0 bridgehead atoms. The lowest BCUT2D eigenvalue weighted by atomic mass is 9.88. The lowest BCUT2D eigenvalue weighted by Crippen LogP contribution is -2.28. The van der Waals surface area contributed by atoms with Crippen molar-refractivity contribution >= 4 is 61.4 Å². The van der Waals surface area contributed by atoms with Crippen molar-refractivity contribution in [3.63, 3.8) is 0 Å². The maximum absolute atomic E-state index is 13.3. The molecule has 2 amide bonds. The van der Waals surface area contributed by atoms with Crippen LogP contribution in [0.3, 0.4) is 0 Å². The minimum absolute atomic E-state index is 0.236. The van der Waals surface area contributed by atoms with E-state index >= 15 is 0 Å². The zero-order valence-electron chi connectivity index (χ0n) is 21.8. The Bertz CT molecular complexity index is 1640. The number of carbonyl (C=O) groups is 3. The van der Waals surface area contributed by atoms with Gasteiger partial charge in [0.15, 0.2) is 0 Å². The molecule has 11 heteroatoms. The van der Waals surface area contributed by atoms with Crippen molar-refractivity contribution in [3.8, 4) is 0 Å². The van der Waals surface area contributed by atoms with Gasteiger partial charge in [0.1, 0.15) is 16.4 Å². The SMILES string of the molecule is CCOC(=O)c1c(NC(=O)Cn2cnc3sc(C(=O)Nc4ccccc4)c(C)c3c2=O)sc2c1CCC(C)C2. The Morgan fingerprint density at radius 1 is 1.15 bits per heavy atom. The van der Waals surface area contributed by atoms with Gasteiger partial charge in [0.2, 0.25) is 5.91 Å². The number of hydrogen-bond acceptors (Lipinski definition) is 8. The zero-order valence-corrected chi connectivity index (χ0v) is 23.5. The first kappa shape index (κ1) is 26.8. The number of ether oxygens (including phenoxy) is 1. The van der Waals surface area contributed by atoms with Crippen molar-refractivity contribution in [3.05, 3.63) is 73.5 Å². The third-order valence-electron chi connectivity index (χ3n) is 6.71. The van der Waals surface area contributed by atoms with Crippen LogP contribution in [0, 0.1) is 12.8 Å². The second-order valence-corrected chi connectivity index (χ2v) is 11.7. The van der Waals surface area contributed by atoms with Gasteiger partial charge in [0, 0.05) is 10.6 Å². The first-order valence-corrected chi connectivity index (χ1v) is 14.4. The molecule has 3 aromatic heterocycles. The minimum atomic E-state index is -0.453. The summed E-state index contributed by atoms with van der Waals surface area (Å²) in [4.78, 5) is 58.3. The van der Waals surface area contributed by atoms with Crippen LogP contribution in [0.1, 0.15) is 56.3 Å². The van der Waals surface area contributed by atoms with E-state index in [2.05, 4.69) is 22.5 Å². The third kappa shape index (κ3) is 5.37. The van der Waals surface area contributed by atoms with E-state index < -0.39 is 17.4 Å². The molecular weight excluding hydrogens is 536 g/mol. The highest BCUT2D eigenvalue weighted by atomic mass is 32.1. The molecule has 1 aliphatic rings. The average Bonchev–Trinajstić information content (AvgIpc) is 3.43. The number of aromatic nitrogens is 2. The Labute approximate surface area is 232 Å². The highest BCUT2D eigenvalue weighted by Crippen LogP contribution is 2.40. The monoisotopic (exact) mass is 564 g/mol. The van der Waals surface area contributed by atoms with Crippen LogP contribution >= 0.6 is 22.7 Å². The molecule has 1 aromatic carbocycles. The number of thiophene rings is 2. The summed E-state index contributed by atoms with van der Waals surface area (Å²) in [6.07, 6.45) is 3.89. The van der Waals surface area contributed by atoms with Gasteiger partial charge in [0.25, 0.3) is 11.5 Å². The molecule has 5 rings (SSSR count). The largest absolute Gasteiger partial charge is 0.462 e. The van der Waals surface area contributed by atoms with Crippen molar-refractivity contribution in [2.75, 3.05) is 17.2 Å². The van der Waals surface area contributed by atoms with Crippen LogP contribution in [0.4, 0.5) is 10.7 Å². The maximum atomic E-state index is 13.3. The first-order valence-electron chi connectivity index (χ1n) is 12.7. The molecule has 39 heavy (non-hydrogen) atoms. The Hall–Kier alpha value is -3.83. The van der Waals surface area contributed by atoms with Crippen LogP contribution in [-0.4, -0.2) is 33.9 Å². The summed E-state index contributed by atoms with van der Waals surface area (Å²) in [7, 11) is 0. The molecule has 0 saturated heterocycles. The summed E-state index contributed by atoms with van der Waals surface area (Å²) < 4.78 is 6.50. The predicted molar refractivity (Wildman–Crippen MR) is 153 cm³/mol. The molecule has 0 radical (unpaired) electrons. The van der Waals surface area contributed by atoms with Crippen LogP contribution < -0.4 is 16.2 Å². The summed E-state index contributed by atoms with van der Waals surface area (Å²) in [6.45, 7) is 5.57. The van der Waals surface area contributed by atoms with Crippen LogP contribution in [0.25, 0.3) is 10.2 Å². The fraction of sp³-hybridized carbons (Fsp3) is 0.321. The molecule has 2 N–H and O–H groups in total. The Morgan fingerprint density at radius 2 is 1.92 bits per heavy atom. The number of para-hydroxylation sites is 1. The summed E-state index contributed by atoms with van der Waals surface area (Å²) in [6, 6.07) is 9.05. The normalized spacial score (nSPS) is 14.6. The van der Waals surface area contributed by atoms with Crippen molar-refractivity contribution < 1.29 is 19.1 Å². The molecule has 0 fully saturated rings. The van der Waals surface area contributed by atoms with Gasteiger partial charge in [-0.3, -0.25) is 19.0 Å². The number of anilines is 2. The number of nitrogens with zero attached hydrogens (tertiary/aromatic N) is 2. The third-order valence-corrected chi connectivity index (χ3v) is 9.08. The van der Waals surface area contributed by atoms with E-state index in [-0.39, 0.29) is 19.1 Å². The Balaban J connectivity index is 1.39. The highest BCUT2D eigenvalue weighted by Gasteiger charge is 2.29. The van der Waals surface area contributed by atoms with Gasteiger partial charge in [0.05, 0.1) is 28.8 Å². The minimum Gasteiger partial charge on any atom is -0.462 e. The van der Waals surface area contributed by atoms with Crippen LogP contribution in [0.5, 0.6) is 0 Å². The second-order valence-electron chi connectivity index (χ2n) is 9.56. The number of nitrogens with one attached hydrogen (secondary N) is 2. The fourth-order valence-electron chi connectivity index (χ4n) is 4.78. The van der Waals surface area contributed by atoms with E-state index in [4.69, 9.17) is 4.74 Å². The summed E-state index contributed by atoms with van der Waals surface area (Å²) >= 11 is 2.53. The topological polar surface area (TPSA) is 119 Å². The standard InChI is InChI=1S/C28H28N4O5S2/c1-4-37-28(36)22-18-11-10-15(2)12-19(18)38-26(22)31-20(33)13-32-14-29-25-21(27(32)35)16(3)23(39-25)24(34)30-17-8-6-5-7-9-17/h5-9,14-15H,4,10-13H2,1-3H3,(H,30,34)(H,31,33). The van der Waals surface area contributed by atoms with E-state index in [9.17, 15) is 19.2 Å². The van der Waals surface area contributed by atoms with Crippen LogP contribution in [-0.2, 0) is 28.9 Å². The maximum Gasteiger partial charge on any atom is 0.341 e. The van der Waals surface area contributed by atoms with Crippen LogP contribution in [0.2, 0.25) is 0 Å². The highest BCUT2D eigenvalue weighted by molar-refractivity contribution is 7.20. The number of rotatable bonds is 7. The summed E-state index contributed by atoms with van der Waals surface area (Å²) in [5.74, 6) is -0.729. The Kier molecular flexibility index (Phi) is 7.62. The Morgan fingerprint density at radius 3 is 2.67 bits per heavy atom. The number of esters is 1. The van der Waals surface area contributed by atoms with Gasteiger partial charge in [-0.25, -0.2) is 9.78 Å². The summed E-state index contributed by atoms with van der Waals surface area (Å²) in [5, 5.41) is 6.43. The smallest absolute Gasteiger partial charge is 0.341 e. The predicted octanol–water partition coefficient (Wildman–Crippen LogP) is 5.02.